The Balaban J connectivity index is 1.78. The van der Waals surface area contributed by atoms with E-state index in [9.17, 15) is 8.78 Å². The zero-order valence-corrected chi connectivity index (χ0v) is 12.1. The van der Waals surface area contributed by atoms with Crippen LogP contribution >= 0.6 is 0 Å². The first-order chi connectivity index (χ1) is 10.1. The van der Waals surface area contributed by atoms with Crippen LogP contribution in [0.2, 0.25) is 0 Å². The molecule has 1 unspecified atom stereocenters. The molecule has 1 aromatic heterocycles. The molecule has 2 rings (SSSR count). The summed E-state index contributed by atoms with van der Waals surface area (Å²) in [5, 5.41) is 3.12. The number of ether oxygens (including phenoxy) is 1. The van der Waals surface area contributed by atoms with Gasteiger partial charge < -0.3 is 10.1 Å². The lowest BCUT2D eigenvalue weighted by Gasteiger charge is -2.15. The summed E-state index contributed by atoms with van der Waals surface area (Å²) >= 11 is 0. The highest BCUT2D eigenvalue weighted by atomic mass is 19.3. The van der Waals surface area contributed by atoms with E-state index in [-0.39, 0.29) is 12.6 Å². The smallest absolute Gasteiger partial charge is 0.319 e. The van der Waals surface area contributed by atoms with Gasteiger partial charge in [0.1, 0.15) is 18.2 Å². The quantitative estimate of drug-likeness (QED) is 0.853. The zero-order valence-electron chi connectivity index (χ0n) is 12.1. The number of hydrogen-bond donors (Lipinski definition) is 1. The minimum atomic E-state index is -2.57. The van der Waals surface area contributed by atoms with E-state index >= 15 is 0 Å². The minimum absolute atomic E-state index is 0.0223. The third-order valence-electron chi connectivity index (χ3n) is 3.09. The molecule has 0 saturated carbocycles. The second-order valence-electron chi connectivity index (χ2n) is 4.93. The molecule has 114 valence electrons. The summed E-state index contributed by atoms with van der Waals surface area (Å²) in [6.07, 6.45) is 2.64. The summed E-state index contributed by atoms with van der Waals surface area (Å²) < 4.78 is 31.8. The van der Waals surface area contributed by atoms with Crippen LogP contribution in [0.3, 0.4) is 0 Å². The molecule has 0 saturated heterocycles. The predicted molar refractivity (Wildman–Crippen MR) is 76.5 cm³/mol. The van der Waals surface area contributed by atoms with Gasteiger partial charge in [0, 0.05) is 18.4 Å². The molecule has 0 amide bonds. The number of nitrogens with one attached hydrogen (secondary N) is 1. The zero-order chi connectivity index (χ0) is 15.2. The molecule has 1 N–H and O–H groups in total. The Hall–Kier alpha value is -1.95. The van der Waals surface area contributed by atoms with Crippen molar-refractivity contribution in [1.29, 1.82) is 0 Å². The van der Waals surface area contributed by atoms with Crippen molar-refractivity contribution in [2.45, 2.75) is 33.0 Å². The number of imidazole rings is 1. The van der Waals surface area contributed by atoms with Gasteiger partial charge >= 0.3 is 6.55 Å². The topological polar surface area (TPSA) is 39.1 Å². The van der Waals surface area contributed by atoms with Crippen LogP contribution in [-0.4, -0.2) is 22.2 Å². The van der Waals surface area contributed by atoms with Gasteiger partial charge in [-0.05, 0) is 26.0 Å². The van der Waals surface area contributed by atoms with Crippen LogP contribution in [0.5, 0.6) is 5.75 Å². The van der Waals surface area contributed by atoms with Crippen molar-refractivity contribution in [1.82, 2.24) is 14.9 Å². The Labute approximate surface area is 122 Å². The highest BCUT2D eigenvalue weighted by Gasteiger charge is 2.12. The molecule has 0 radical (unpaired) electrons. The molecule has 0 aliphatic heterocycles. The van der Waals surface area contributed by atoms with Crippen LogP contribution in [0.25, 0.3) is 0 Å². The Morgan fingerprint density at radius 3 is 2.67 bits per heavy atom. The third-order valence-corrected chi connectivity index (χ3v) is 3.09. The van der Waals surface area contributed by atoms with Gasteiger partial charge in [-0.15, -0.1) is 0 Å². The van der Waals surface area contributed by atoms with E-state index in [1.807, 2.05) is 38.1 Å². The van der Waals surface area contributed by atoms with E-state index in [2.05, 4.69) is 10.3 Å². The second-order valence-corrected chi connectivity index (χ2v) is 4.93. The maximum absolute atomic E-state index is 12.7. The fourth-order valence-corrected chi connectivity index (χ4v) is 1.84. The normalized spacial score (nSPS) is 12.6. The summed E-state index contributed by atoms with van der Waals surface area (Å²) in [7, 11) is 0. The van der Waals surface area contributed by atoms with Gasteiger partial charge in [0.2, 0.25) is 0 Å². The summed E-state index contributed by atoms with van der Waals surface area (Å²) in [6.45, 7) is 2.11. The number of aryl methyl sites for hydroxylation is 1. The number of nitrogens with zero attached hydrogens (tertiary/aromatic N) is 2. The predicted octanol–water partition coefficient (Wildman–Crippen LogP) is 3.14. The largest absolute Gasteiger partial charge is 0.492 e. The van der Waals surface area contributed by atoms with Crippen molar-refractivity contribution in [2.24, 2.45) is 0 Å². The monoisotopic (exact) mass is 295 g/mol. The Morgan fingerprint density at radius 1 is 1.29 bits per heavy atom. The lowest BCUT2D eigenvalue weighted by Crippen LogP contribution is -2.32. The van der Waals surface area contributed by atoms with E-state index in [1.165, 1.54) is 18.0 Å². The number of aromatic nitrogens is 2. The molecule has 2 aromatic rings. The minimum Gasteiger partial charge on any atom is -0.492 e. The average Bonchev–Trinajstić information content (AvgIpc) is 2.93. The van der Waals surface area contributed by atoms with Gasteiger partial charge in [-0.1, -0.05) is 17.7 Å². The molecule has 4 nitrogen and oxygen atoms in total. The van der Waals surface area contributed by atoms with E-state index < -0.39 is 6.55 Å². The van der Waals surface area contributed by atoms with Crippen molar-refractivity contribution in [3.05, 3.63) is 48.0 Å². The molecule has 0 bridgehead atoms. The van der Waals surface area contributed by atoms with Gasteiger partial charge in [-0.25, -0.2) is 4.98 Å². The molecule has 0 aliphatic rings. The van der Waals surface area contributed by atoms with Gasteiger partial charge in [0.05, 0.1) is 6.54 Å². The van der Waals surface area contributed by atoms with Crippen LogP contribution in [0.4, 0.5) is 8.78 Å². The van der Waals surface area contributed by atoms with Crippen LogP contribution in [-0.2, 0) is 6.54 Å². The second kappa shape index (κ2) is 7.17. The molecule has 1 heterocycles. The maximum atomic E-state index is 12.7. The fourth-order valence-electron chi connectivity index (χ4n) is 1.84. The average molecular weight is 295 g/mol. The number of alkyl halides is 2. The first-order valence-electron chi connectivity index (χ1n) is 6.79. The van der Waals surface area contributed by atoms with E-state index in [0.29, 0.717) is 12.4 Å². The van der Waals surface area contributed by atoms with Crippen molar-refractivity contribution >= 4 is 0 Å². The maximum Gasteiger partial charge on any atom is 0.319 e. The van der Waals surface area contributed by atoms with Gasteiger partial charge in [-0.3, -0.25) is 4.57 Å². The molecule has 0 spiro atoms. The third kappa shape index (κ3) is 4.53. The molecule has 1 atom stereocenters. The van der Waals surface area contributed by atoms with Crippen LogP contribution in [0.15, 0.2) is 36.7 Å². The number of benzene rings is 1. The van der Waals surface area contributed by atoms with Crippen LogP contribution < -0.4 is 10.1 Å². The Kier molecular flexibility index (Phi) is 5.27. The number of hydrogen-bond acceptors (Lipinski definition) is 3. The number of halogens is 2. The van der Waals surface area contributed by atoms with E-state index in [4.69, 9.17) is 4.74 Å². The first-order valence-corrected chi connectivity index (χ1v) is 6.79. The van der Waals surface area contributed by atoms with Crippen LogP contribution in [0, 0.1) is 6.92 Å². The standard InChI is InChI=1S/C15H19F2N3O/c1-11-3-5-13(6-4-11)21-10-12(2)19-9-14-18-7-8-20(14)15(16)17/h3-8,12,15,19H,9-10H2,1-2H3. The lowest BCUT2D eigenvalue weighted by molar-refractivity contribution is 0.0664. The molecular formula is C15H19F2N3O. The van der Waals surface area contributed by atoms with Crippen molar-refractivity contribution in [2.75, 3.05) is 6.61 Å². The fraction of sp³-hybridized carbons (Fsp3) is 0.400. The molecular weight excluding hydrogens is 276 g/mol. The van der Waals surface area contributed by atoms with Gasteiger partial charge in [0.25, 0.3) is 0 Å². The molecule has 6 heteroatoms. The van der Waals surface area contributed by atoms with Gasteiger partial charge in [0.15, 0.2) is 0 Å². The lowest BCUT2D eigenvalue weighted by atomic mass is 10.2. The molecule has 1 aromatic carbocycles. The summed E-state index contributed by atoms with van der Waals surface area (Å²) in [4.78, 5) is 3.92. The van der Waals surface area contributed by atoms with Crippen molar-refractivity contribution < 1.29 is 13.5 Å². The highest BCUT2D eigenvalue weighted by molar-refractivity contribution is 5.26. The summed E-state index contributed by atoms with van der Waals surface area (Å²) in [5.74, 6) is 1.11. The van der Waals surface area contributed by atoms with E-state index in [1.54, 1.807) is 0 Å². The highest BCUT2D eigenvalue weighted by Crippen LogP contribution is 2.13. The summed E-state index contributed by atoms with van der Waals surface area (Å²) in [6, 6.07) is 7.80. The van der Waals surface area contributed by atoms with Crippen LogP contribution in [0.1, 0.15) is 24.9 Å². The van der Waals surface area contributed by atoms with Crippen molar-refractivity contribution in [3.8, 4) is 5.75 Å². The molecule has 0 fully saturated rings. The summed E-state index contributed by atoms with van der Waals surface area (Å²) in [5.41, 5.74) is 1.17. The van der Waals surface area contributed by atoms with Crippen molar-refractivity contribution in [3.63, 3.8) is 0 Å². The first kappa shape index (κ1) is 15.4. The number of rotatable bonds is 7. The molecule has 21 heavy (non-hydrogen) atoms. The SMILES string of the molecule is Cc1ccc(OCC(C)NCc2nccn2C(F)F)cc1. The Bertz CT molecular complexity index is 554. The Morgan fingerprint density at radius 2 is 2.00 bits per heavy atom. The van der Waals surface area contributed by atoms with E-state index in [0.717, 1.165) is 10.3 Å². The molecule has 0 aliphatic carbocycles. The van der Waals surface area contributed by atoms with Gasteiger partial charge in [-0.2, -0.15) is 8.78 Å².